The molecule has 1 fully saturated rings. The van der Waals surface area contributed by atoms with Gasteiger partial charge in [-0.1, -0.05) is 6.07 Å². The molecule has 0 aliphatic carbocycles. The molecule has 88 valence electrons. The number of aromatic nitrogens is 1. The maximum atomic E-state index is 11.6. The molecule has 1 aromatic heterocycles. The zero-order chi connectivity index (χ0) is 11.8. The van der Waals surface area contributed by atoms with Crippen LogP contribution in [-0.4, -0.2) is 30.5 Å². The van der Waals surface area contributed by atoms with Crippen molar-refractivity contribution in [2.45, 2.75) is 25.8 Å². The van der Waals surface area contributed by atoms with Crippen molar-refractivity contribution in [2.75, 3.05) is 12.8 Å². The van der Waals surface area contributed by atoms with E-state index >= 15 is 0 Å². The second kappa shape index (κ2) is 4.14. The van der Waals surface area contributed by atoms with Gasteiger partial charge >= 0.3 is 0 Å². The summed E-state index contributed by atoms with van der Waals surface area (Å²) in [6.45, 7) is 2.53. The average Bonchev–Trinajstić information content (AvgIpc) is 2.65. The zero-order valence-electron chi connectivity index (χ0n) is 9.55. The van der Waals surface area contributed by atoms with E-state index in [1.165, 1.54) is 6.26 Å². The number of rotatable bonds is 2. The largest absolute Gasteiger partial charge is 0.256 e. The van der Waals surface area contributed by atoms with Gasteiger partial charge < -0.3 is 0 Å². The van der Waals surface area contributed by atoms with Crippen LogP contribution in [0.25, 0.3) is 0 Å². The molecule has 1 aromatic rings. The van der Waals surface area contributed by atoms with Crippen LogP contribution in [0.4, 0.5) is 0 Å². The second-order valence-electron chi connectivity index (χ2n) is 4.24. The van der Waals surface area contributed by atoms with Crippen molar-refractivity contribution in [1.82, 2.24) is 9.29 Å². The Morgan fingerprint density at radius 2 is 2.19 bits per heavy atom. The SMILES string of the molecule is Cc1cccc([C@@H]2CCCN2S(C)(=O)=O)n1. The van der Waals surface area contributed by atoms with Crippen molar-refractivity contribution in [3.05, 3.63) is 29.6 Å². The van der Waals surface area contributed by atoms with E-state index in [4.69, 9.17) is 0 Å². The Bertz CT molecular complexity index is 485. The van der Waals surface area contributed by atoms with Crippen molar-refractivity contribution in [1.29, 1.82) is 0 Å². The Kier molecular flexibility index (Phi) is 2.99. The number of nitrogens with zero attached hydrogens (tertiary/aromatic N) is 2. The first-order chi connectivity index (χ1) is 7.48. The highest BCUT2D eigenvalue weighted by Gasteiger charge is 2.33. The summed E-state index contributed by atoms with van der Waals surface area (Å²) in [7, 11) is -3.12. The van der Waals surface area contributed by atoms with E-state index in [-0.39, 0.29) is 6.04 Å². The molecule has 0 aromatic carbocycles. The molecule has 5 heteroatoms. The number of pyridine rings is 1. The average molecular weight is 240 g/mol. The van der Waals surface area contributed by atoms with Crippen LogP contribution in [-0.2, 0) is 10.0 Å². The van der Waals surface area contributed by atoms with E-state index in [1.807, 2.05) is 25.1 Å². The summed E-state index contributed by atoms with van der Waals surface area (Å²) >= 11 is 0. The van der Waals surface area contributed by atoms with E-state index in [9.17, 15) is 8.42 Å². The van der Waals surface area contributed by atoms with Gasteiger partial charge in [0.05, 0.1) is 18.0 Å². The van der Waals surface area contributed by atoms with E-state index in [0.29, 0.717) is 6.54 Å². The van der Waals surface area contributed by atoms with Gasteiger partial charge in [0.1, 0.15) is 0 Å². The maximum absolute atomic E-state index is 11.6. The molecule has 4 nitrogen and oxygen atoms in total. The van der Waals surface area contributed by atoms with Gasteiger partial charge in [0.15, 0.2) is 0 Å². The molecule has 0 spiro atoms. The van der Waals surface area contributed by atoms with E-state index in [1.54, 1.807) is 4.31 Å². The highest BCUT2D eigenvalue weighted by molar-refractivity contribution is 7.88. The van der Waals surface area contributed by atoms with E-state index in [0.717, 1.165) is 24.2 Å². The molecule has 2 rings (SSSR count). The van der Waals surface area contributed by atoms with Crippen molar-refractivity contribution in [3.63, 3.8) is 0 Å². The van der Waals surface area contributed by atoms with Crippen molar-refractivity contribution in [3.8, 4) is 0 Å². The summed E-state index contributed by atoms with van der Waals surface area (Å²) in [6, 6.07) is 5.68. The molecule has 1 saturated heterocycles. The van der Waals surface area contributed by atoms with Crippen LogP contribution < -0.4 is 0 Å². The lowest BCUT2D eigenvalue weighted by molar-refractivity contribution is 0.393. The van der Waals surface area contributed by atoms with Gasteiger partial charge in [-0.25, -0.2) is 8.42 Å². The van der Waals surface area contributed by atoms with Gasteiger partial charge in [-0.05, 0) is 31.9 Å². The fourth-order valence-electron chi connectivity index (χ4n) is 2.18. The van der Waals surface area contributed by atoms with Crippen LogP contribution in [0.5, 0.6) is 0 Å². The fourth-order valence-corrected chi connectivity index (χ4v) is 3.32. The van der Waals surface area contributed by atoms with Gasteiger partial charge in [0.2, 0.25) is 10.0 Å². The molecule has 0 N–H and O–H groups in total. The molecule has 1 aliphatic rings. The standard InChI is InChI=1S/C11H16N2O2S/c1-9-5-3-6-10(12-9)11-7-4-8-13(11)16(2,14)15/h3,5-6,11H,4,7-8H2,1-2H3/t11-/m0/s1. The summed E-state index contributed by atoms with van der Waals surface area (Å²) < 4.78 is 24.8. The number of sulfonamides is 1. The highest BCUT2D eigenvalue weighted by atomic mass is 32.2. The summed E-state index contributed by atoms with van der Waals surface area (Å²) in [5.41, 5.74) is 1.79. The van der Waals surface area contributed by atoms with Crippen molar-refractivity contribution >= 4 is 10.0 Å². The Morgan fingerprint density at radius 1 is 1.44 bits per heavy atom. The highest BCUT2D eigenvalue weighted by Crippen LogP contribution is 2.32. The van der Waals surface area contributed by atoms with Crippen LogP contribution >= 0.6 is 0 Å². The molecule has 1 aliphatic heterocycles. The van der Waals surface area contributed by atoms with Crippen LogP contribution in [0, 0.1) is 6.92 Å². The monoisotopic (exact) mass is 240 g/mol. The van der Waals surface area contributed by atoms with Gasteiger partial charge in [0, 0.05) is 12.2 Å². The quantitative estimate of drug-likeness (QED) is 0.787. The van der Waals surface area contributed by atoms with E-state index < -0.39 is 10.0 Å². The van der Waals surface area contributed by atoms with Gasteiger partial charge in [-0.15, -0.1) is 0 Å². The minimum absolute atomic E-state index is 0.0742. The molecule has 2 heterocycles. The Morgan fingerprint density at radius 3 is 2.81 bits per heavy atom. The minimum atomic E-state index is -3.12. The van der Waals surface area contributed by atoms with Crippen molar-refractivity contribution in [2.24, 2.45) is 0 Å². The summed E-state index contributed by atoms with van der Waals surface area (Å²) in [6.07, 6.45) is 3.04. The van der Waals surface area contributed by atoms with Gasteiger partial charge in [-0.2, -0.15) is 4.31 Å². The predicted molar refractivity (Wildman–Crippen MR) is 62.5 cm³/mol. The summed E-state index contributed by atoms with van der Waals surface area (Å²) in [5.74, 6) is 0. The van der Waals surface area contributed by atoms with Gasteiger partial charge in [-0.3, -0.25) is 4.98 Å². The zero-order valence-corrected chi connectivity index (χ0v) is 10.4. The molecule has 0 radical (unpaired) electrons. The molecule has 16 heavy (non-hydrogen) atoms. The maximum Gasteiger partial charge on any atom is 0.211 e. The van der Waals surface area contributed by atoms with Crippen LogP contribution in [0.1, 0.15) is 30.3 Å². The third-order valence-electron chi connectivity index (χ3n) is 2.88. The number of aryl methyl sites for hydroxylation is 1. The molecular formula is C11H16N2O2S. The third kappa shape index (κ3) is 2.25. The van der Waals surface area contributed by atoms with Crippen LogP contribution in [0.3, 0.4) is 0 Å². The molecule has 0 unspecified atom stereocenters. The van der Waals surface area contributed by atoms with E-state index in [2.05, 4.69) is 4.98 Å². The van der Waals surface area contributed by atoms with Crippen molar-refractivity contribution < 1.29 is 8.42 Å². The molecule has 1 atom stereocenters. The first-order valence-corrected chi connectivity index (χ1v) is 7.24. The molecule has 0 bridgehead atoms. The lowest BCUT2D eigenvalue weighted by Crippen LogP contribution is -2.29. The molecule has 0 amide bonds. The molecule has 0 saturated carbocycles. The Balaban J connectivity index is 2.34. The number of hydrogen-bond acceptors (Lipinski definition) is 3. The smallest absolute Gasteiger partial charge is 0.211 e. The lowest BCUT2D eigenvalue weighted by Gasteiger charge is -2.21. The lowest BCUT2D eigenvalue weighted by atomic mass is 10.1. The number of hydrogen-bond donors (Lipinski definition) is 0. The van der Waals surface area contributed by atoms with Gasteiger partial charge in [0.25, 0.3) is 0 Å². The third-order valence-corrected chi connectivity index (χ3v) is 4.17. The fraction of sp³-hybridized carbons (Fsp3) is 0.545. The first-order valence-electron chi connectivity index (χ1n) is 5.39. The second-order valence-corrected chi connectivity index (χ2v) is 6.17. The normalized spacial score (nSPS) is 22.5. The minimum Gasteiger partial charge on any atom is -0.256 e. The summed E-state index contributed by atoms with van der Waals surface area (Å²) in [5, 5.41) is 0. The Hall–Kier alpha value is -0.940. The molecular weight excluding hydrogens is 224 g/mol. The first kappa shape index (κ1) is 11.5. The topological polar surface area (TPSA) is 50.3 Å². The Labute approximate surface area is 96.4 Å². The predicted octanol–water partition coefficient (Wildman–Crippen LogP) is 1.49. The summed E-state index contributed by atoms with van der Waals surface area (Å²) in [4.78, 5) is 4.41. The van der Waals surface area contributed by atoms with Crippen LogP contribution in [0.15, 0.2) is 18.2 Å². The van der Waals surface area contributed by atoms with Crippen LogP contribution in [0.2, 0.25) is 0 Å².